The van der Waals surface area contributed by atoms with Gasteiger partial charge in [0, 0.05) is 36.7 Å². The summed E-state index contributed by atoms with van der Waals surface area (Å²) in [6.07, 6.45) is 2.49. The Morgan fingerprint density at radius 2 is 2.12 bits per heavy atom. The molecule has 0 unspecified atom stereocenters. The molecule has 0 aliphatic carbocycles. The van der Waals surface area contributed by atoms with E-state index in [0.29, 0.717) is 36.1 Å². The van der Waals surface area contributed by atoms with Gasteiger partial charge in [0.25, 0.3) is 5.91 Å². The van der Waals surface area contributed by atoms with Crippen molar-refractivity contribution in [3.05, 3.63) is 58.7 Å². The Bertz CT molecular complexity index is 667. The van der Waals surface area contributed by atoms with Crippen molar-refractivity contribution in [2.24, 2.45) is 0 Å². The highest BCUT2D eigenvalue weighted by Crippen LogP contribution is 2.27. The number of hydrogen-bond donors (Lipinski definition) is 1. The normalized spacial score (nSPS) is 10.6. The van der Waals surface area contributed by atoms with E-state index in [0.717, 1.165) is 17.0 Å². The van der Waals surface area contributed by atoms with Crippen LogP contribution in [0.25, 0.3) is 0 Å². The summed E-state index contributed by atoms with van der Waals surface area (Å²) in [5, 5.41) is 4.34. The minimum Gasteiger partial charge on any atom is -0.382 e. The summed E-state index contributed by atoms with van der Waals surface area (Å²) in [4.78, 5) is 16.7. The number of carbonyl (C=O) groups excluding carboxylic acids is 1. The second kappa shape index (κ2) is 10.3. The van der Waals surface area contributed by atoms with Crippen LogP contribution in [-0.4, -0.2) is 30.6 Å². The summed E-state index contributed by atoms with van der Waals surface area (Å²) in [6, 6.07) is 11.3. The SMILES string of the molecule is CCOCCCNC(=O)c1cccnc1SCc1ccccc1Cl. The van der Waals surface area contributed by atoms with E-state index in [2.05, 4.69) is 10.3 Å². The van der Waals surface area contributed by atoms with Gasteiger partial charge in [-0.15, -0.1) is 11.8 Å². The lowest BCUT2D eigenvalue weighted by molar-refractivity contribution is 0.0940. The van der Waals surface area contributed by atoms with Gasteiger partial charge in [-0.05, 0) is 37.1 Å². The van der Waals surface area contributed by atoms with E-state index in [1.54, 1.807) is 18.3 Å². The van der Waals surface area contributed by atoms with Crippen LogP contribution in [0, 0.1) is 0 Å². The third kappa shape index (κ3) is 5.82. The second-order valence-corrected chi connectivity index (χ2v) is 6.41. The van der Waals surface area contributed by atoms with E-state index >= 15 is 0 Å². The monoisotopic (exact) mass is 364 g/mol. The molecule has 6 heteroatoms. The van der Waals surface area contributed by atoms with E-state index in [-0.39, 0.29) is 5.91 Å². The fourth-order valence-electron chi connectivity index (χ4n) is 2.06. The highest BCUT2D eigenvalue weighted by atomic mass is 35.5. The molecule has 1 N–H and O–H groups in total. The maximum absolute atomic E-state index is 12.3. The summed E-state index contributed by atoms with van der Waals surface area (Å²) < 4.78 is 5.26. The molecule has 0 saturated heterocycles. The van der Waals surface area contributed by atoms with Gasteiger partial charge in [0.15, 0.2) is 0 Å². The Morgan fingerprint density at radius 3 is 2.92 bits per heavy atom. The first-order valence-electron chi connectivity index (χ1n) is 7.89. The maximum Gasteiger partial charge on any atom is 0.254 e. The number of halogens is 1. The zero-order valence-electron chi connectivity index (χ0n) is 13.6. The minimum atomic E-state index is -0.110. The van der Waals surface area contributed by atoms with E-state index < -0.39 is 0 Å². The quantitative estimate of drug-likeness (QED) is 0.535. The summed E-state index contributed by atoms with van der Waals surface area (Å²) >= 11 is 7.69. The van der Waals surface area contributed by atoms with Crippen LogP contribution in [0.2, 0.25) is 5.02 Å². The van der Waals surface area contributed by atoms with Crippen LogP contribution >= 0.6 is 23.4 Å². The molecule has 0 atom stereocenters. The third-order valence-electron chi connectivity index (χ3n) is 3.29. The van der Waals surface area contributed by atoms with Gasteiger partial charge >= 0.3 is 0 Å². The molecule has 0 aliphatic rings. The summed E-state index contributed by atoms with van der Waals surface area (Å²) in [5.41, 5.74) is 1.61. The van der Waals surface area contributed by atoms with E-state index in [9.17, 15) is 4.79 Å². The highest BCUT2D eigenvalue weighted by molar-refractivity contribution is 7.98. The lowest BCUT2D eigenvalue weighted by Crippen LogP contribution is -2.26. The van der Waals surface area contributed by atoms with Crippen LogP contribution in [0.15, 0.2) is 47.6 Å². The van der Waals surface area contributed by atoms with Crippen molar-refractivity contribution in [2.45, 2.75) is 24.1 Å². The van der Waals surface area contributed by atoms with Crippen molar-refractivity contribution in [1.82, 2.24) is 10.3 Å². The smallest absolute Gasteiger partial charge is 0.254 e. The van der Waals surface area contributed by atoms with Crippen molar-refractivity contribution < 1.29 is 9.53 Å². The molecule has 24 heavy (non-hydrogen) atoms. The van der Waals surface area contributed by atoms with Gasteiger partial charge in [0.2, 0.25) is 0 Å². The van der Waals surface area contributed by atoms with Gasteiger partial charge in [-0.2, -0.15) is 0 Å². The molecule has 1 aromatic carbocycles. The van der Waals surface area contributed by atoms with Crippen LogP contribution in [0.3, 0.4) is 0 Å². The molecule has 0 spiro atoms. The fourth-order valence-corrected chi connectivity index (χ4v) is 3.33. The van der Waals surface area contributed by atoms with E-state index in [1.807, 2.05) is 31.2 Å². The Labute approximate surface area is 152 Å². The van der Waals surface area contributed by atoms with Gasteiger partial charge < -0.3 is 10.1 Å². The molecule has 1 amide bonds. The molecule has 0 fully saturated rings. The molecule has 128 valence electrons. The first-order valence-corrected chi connectivity index (χ1v) is 9.26. The largest absolute Gasteiger partial charge is 0.382 e. The number of carbonyl (C=O) groups is 1. The third-order valence-corrected chi connectivity index (χ3v) is 4.72. The number of pyridine rings is 1. The molecule has 0 saturated carbocycles. The van der Waals surface area contributed by atoms with Crippen molar-refractivity contribution in [3.8, 4) is 0 Å². The number of hydrogen-bond acceptors (Lipinski definition) is 4. The van der Waals surface area contributed by atoms with Gasteiger partial charge in [0.1, 0.15) is 5.03 Å². The molecular weight excluding hydrogens is 344 g/mol. The zero-order chi connectivity index (χ0) is 17.2. The topological polar surface area (TPSA) is 51.2 Å². The van der Waals surface area contributed by atoms with Crippen LogP contribution in [0.1, 0.15) is 29.3 Å². The Hall–Kier alpha value is -1.56. The summed E-state index contributed by atoms with van der Waals surface area (Å²) in [5.74, 6) is 0.558. The van der Waals surface area contributed by atoms with Crippen molar-refractivity contribution in [2.75, 3.05) is 19.8 Å². The Morgan fingerprint density at radius 1 is 1.29 bits per heavy atom. The zero-order valence-corrected chi connectivity index (χ0v) is 15.2. The number of amides is 1. The number of benzene rings is 1. The van der Waals surface area contributed by atoms with Gasteiger partial charge in [-0.1, -0.05) is 29.8 Å². The molecule has 0 aliphatic heterocycles. The van der Waals surface area contributed by atoms with Crippen LogP contribution in [0.4, 0.5) is 0 Å². The van der Waals surface area contributed by atoms with Crippen LogP contribution in [0.5, 0.6) is 0 Å². The molecule has 0 bridgehead atoms. The standard InChI is InChI=1S/C18H21ClN2O2S/c1-2-23-12-6-11-20-17(22)15-8-5-10-21-18(15)24-13-14-7-3-4-9-16(14)19/h3-5,7-10H,2,6,11-13H2,1H3,(H,20,22). The van der Waals surface area contributed by atoms with Crippen LogP contribution < -0.4 is 5.32 Å². The van der Waals surface area contributed by atoms with E-state index in [4.69, 9.17) is 16.3 Å². The van der Waals surface area contributed by atoms with Crippen LogP contribution in [-0.2, 0) is 10.5 Å². The number of rotatable bonds is 9. The Kier molecular flexibility index (Phi) is 8.08. The van der Waals surface area contributed by atoms with Crippen molar-refractivity contribution in [3.63, 3.8) is 0 Å². The average Bonchev–Trinajstić information content (AvgIpc) is 2.61. The number of nitrogens with one attached hydrogen (secondary N) is 1. The second-order valence-electron chi connectivity index (χ2n) is 5.04. The number of aromatic nitrogens is 1. The van der Waals surface area contributed by atoms with E-state index in [1.165, 1.54) is 11.8 Å². The first kappa shape index (κ1) is 18.8. The molecule has 1 aromatic heterocycles. The number of thioether (sulfide) groups is 1. The summed E-state index contributed by atoms with van der Waals surface area (Å²) in [6.45, 7) is 3.89. The molecule has 2 aromatic rings. The predicted octanol–water partition coefficient (Wildman–Crippen LogP) is 4.18. The average molecular weight is 365 g/mol. The molecule has 4 nitrogen and oxygen atoms in total. The molecular formula is C18H21ClN2O2S. The highest BCUT2D eigenvalue weighted by Gasteiger charge is 2.13. The lowest BCUT2D eigenvalue weighted by atomic mass is 10.2. The summed E-state index contributed by atoms with van der Waals surface area (Å²) in [7, 11) is 0. The van der Waals surface area contributed by atoms with Gasteiger partial charge in [0.05, 0.1) is 5.56 Å². The Balaban J connectivity index is 1.94. The fraction of sp³-hybridized carbons (Fsp3) is 0.333. The van der Waals surface area contributed by atoms with Gasteiger partial charge in [-0.25, -0.2) is 4.98 Å². The number of ether oxygens (including phenoxy) is 1. The minimum absolute atomic E-state index is 0.110. The maximum atomic E-state index is 12.3. The van der Waals surface area contributed by atoms with Crippen molar-refractivity contribution >= 4 is 29.3 Å². The molecule has 0 radical (unpaired) electrons. The first-order chi connectivity index (χ1) is 11.7. The molecule has 1 heterocycles. The molecule has 2 rings (SSSR count). The lowest BCUT2D eigenvalue weighted by Gasteiger charge is -2.09. The number of nitrogens with zero attached hydrogens (tertiary/aromatic N) is 1. The van der Waals surface area contributed by atoms with Gasteiger partial charge in [-0.3, -0.25) is 4.79 Å². The van der Waals surface area contributed by atoms with Crippen molar-refractivity contribution in [1.29, 1.82) is 0 Å². The predicted molar refractivity (Wildman–Crippen MR) is 98.7 cm³/mol.